The SMILES string of the molecule is CC1(C)c2ccccc2-c2ccc(N(c3ccc(-c4cccc(-c5ccc6ccccc6c5)c4)cc3)c3ccc(-c4ccccc4-c4ccccc4)cc3)cc21. The molecule has 9 aromatic carbocycles. The van der Waals surface area contributed by atoms with Crippen LogP contribution in [0.5, 0.6) is 0 Å². The van der Waals surface area contributed by atoms with Crippen LogP contribution in [-0.2, 0) is 5.41 Å². The molecule has 0 bridgehead atoms. The monoisotopic (exact) mass is 715 g/mol. The molecule has 266 valence electrons. The summed E-state index contributed by atoms with van der Waals surface area (Å²) in [5.74, 6) is 0. The van der Waals surface area contributed by atoms with E-state index in [1.54, 1.807) is 0 Å². The van der Waals surface area contributed by atoms with Crippen LogP contribution in [0.15, 0.2) is 212 Å². The van der Waals surface area contributed by atoms with E-state index in [9.17, 15) is 0 Å². The molecule has 0 spiro atoms. The zero-order valence-electron chi connectivity index (χ0n) is 31.7. The summed E-state index contributed by atoms with van der Waals surface area (Å²) in [6, 6.07) is 77.6. The zero-order chi connectivity index (χ0) is 37.6. The molecule has 1 heteroatoms. The molecule has 1 aliphatic carbocycles. The van der Waals surface area contributed by atoms with Gasteiger partial charge in [0.15, 0.2) is 0 Å². The van der Waals surface area contributed by atoms with Gasteiger partial charge in [-0.05, 0) is 126 Å². The summed E-state index contributed by atoms with van der Waals surface area (Å²) in [6.45, 7) is 4.71. The Kier molecular flexibility index (Phi) is 8.23. The summed E-state index contributed by atoms with van der Waals surface area (Å²) >= 11 is 0. The van der Waals surface area contributed by atoms with Crippen molar-refractivity contribution >= 4 is 27.8 Å². The van der Waals surface area contributed by atoms with E-state index in [2.05, 4.69) is 231 Å². The predicted molar refractivity (Wildman–Crippen MR) is 238 cm³/mol. The highest BCUT2D eigenvalue weighted by Gasteiger charge is 2.35. The third-order valence-electron chi connectivity index (χ3n) is 11.7. The zero-order valence-corrected chi connectivity index (χ0v) is 31.7. The molecule has 0 amide bonds. The third kappa shape index (κ3) is 5.90. The minimum atomic E-state index is -0.0987. The summed E-state index contributed by atoms with van der Waals surface area (Å²) in [4.78, 5) is 2.40. The summed E-state index contributed by atoms with van der Waals surface area (Å²) in [6.07, 6.45) is 0. The van der Waals surface area contributed by atoms with Crippen LogP contribution in [0.2, 0.25) is 0 Å². The van der Waals surface area contributed by atoms with Crippen molar-refractivity contribution in [3.8, 4) is 55.6 Å². The van der Waals surface area contributed by atoms with Crippen LogP contribution in [0, 0.1) is 0 Å². The molecule has 0 N–H and O–H groups in total. The fourth-order valence-electron chi connectivity index (χ4n) is 8.72. The molecule has 0 heterocycles. The molecule has 1 nitrogen and oxygen atoms in total. The lowest BCUT2D eigenvalue weighted by molar-refractivity contribution is 0.660. The number of rotatable bonds is 7. The molecule has 9 aromatic rings. The maximum absolute atomic E-state index is 2.41. The quantitative estimate of drug-likeness (QED) is 0.159. The predicted octanol–water partition coefficient (Wildman–Crippen LogP) is 15.3. The van der Waals surface area contributed by atoms with Crippen molar-refractivity contribution in [3.63, 3.8) is 0 Å². The molecular formula is C55H41N. The van der Waals surface area contributed by atoms with Crippen molar-refractivity contribution < 1.29 is 0 Å². The number of anilines is 3. The van der Waals surface area contributed by atoms with Crippen molar-refractivity contribution in [3.05, 3.63) is 223 Å². The summed E-state index contributed by atoms with van der Waals surface area (Å²) in [5.41, 5.74) is 18.4. The fraction of sp³-hybridized carbons (Fsp3) is 0.0545. The van der Waals surface area contributed by atoms with Crippen LogP contribution in [0.4, 0.5) is 17.1 Å². The Balaban J connectivity index is 1.04. The molecule has 0 aliphatic heterocycles. The normalized spacial score (nSPS) is 12.6. The first-order chi connectivity index (χ1) is 27.5. The van der Waals surface area contributed by atoms with Gasteiger partial charge in [0.2, 0.25) is 0 Å². The van der Waals surface area contributed by atoms with Crippen molar-refractivity contribution in [2.75, 3.05) is 4.90 Å². The Bertz CT molecular complexity index is 2860. The Labute approximate surface area is 329 Å². The minimum Gasteiger partial charge on any atom is -0.310 e. The second-order valence-electron chi connectivity index (χ2n) is 15.4. The van der Waals surface area contributed by atoms with Crippen LogP contribution in [0.1, 0.15) is 25.0 Å². The van der Waals surface area contributed by atoms with E-state index in [0.717, 1.165) is 17.1 Å². The highest BCUT2D eigenvalue weighted by atomic mass is 15.1. The van der Waals surface area contributed by atoms with E-state index in [0.29, 0.717) is 0 Å². The van der Waals surface area contributed by atoms with Crippen LogP contribution in [0.25, 0.3) is 66.4 Å². The fourth-order valence-corrected chi connectivity index (χ4v) is 8.72. The van der Waals surface area contributed by atoms with Crippen LogP contribution >= 0.6 is 0 Å². The molecule has 0 aromatic heterocycles. The number of benzene rings is 9. The number of fused-ring (bicyclic) bond motifs is 4. The first-order valence-electron chi connectivity index (χ1n) is 19.5. The van der Waals surface area contributed by atoms with E-state index < -0.39 is 0 Å². The lowest BCUT2D eigenvalue weighted by Gasteiger charge is -2.28. The van der Waals surface area contributed by atoms with Gasteiger partial charge in [0, 0.05) is 22.5 Å². The number of hydrogen-bond donors (Lipinski definition) is 0. The van der Waals surface area contributed by atoms with Crippen molar-refractivity contribution in [1.82, 2.24) is 0 Å². The van der Waals surface area contributed by atoms with Gasteiger partial charge in [-0.15, -0.1) is 0 Å². The molecular weight excluding hydrogens is 675 g/mol. The van der Waals surface area contributed by atoms with E-state index >= 15 is 0 Å². The molecule has 1 aliphatic rings. The third-order valence-corrected chi connectivity index (χ3v) is 11.7. The lowest BCUT2D eigenvalue weighted by atomic mass is 9.82. The second-order valence-corrected chi connectivity index (χ2v) is 15.4. The van der Waals surface area contributed by atoms with E-state index in [4.69, 9.17) is 0 Å². The molecule has 0 fully saturated rings. The Morgan fingerprint density at radius 1 is 0.286 bits per heavy atom. The van der Waals surface area contributed by atoms with Crippen LogP contribution in [-0.4, -0.2) is 0 Å². The molecule has 0 atom stereocenters. The highest BCUT2D eigenvalue weighted by Crippen LogP contribution is 2.50. The van der Waals surface area contributed by atoms with Gasteiger partial charge in [0.1, 0.15) is 0 Å². The highest BCUT2D eigenvalue weighted by molar-refractivity contribution is 5.90. The van der Waals surface area contributed by atoms with Crippen LogP contribution in [0.3, 0.4) is 0 Å². The van der Waals surface area contributed by atoms with Gasteiger partial charge in [-0.2, -0.15) is 0 Å². The van der Waals surface area contributed by atoms with E-state index in [1.807, 2.05) is 0 Å². The van der Waals surface area contributed by atoms with Crippen molar-refractivity contribution in [1.29, 1.82) is 0 Å². The molecule has 0 saturated carbocycles. The molecule has 0 saturated heterocycles. The molecule has 0 radical (unpaired) electrons. The second kappa shape index (κ2) is 13.7. The van der Waals surface area contributed by atoms with Crippen molar-refractivity contribution in [2.45, 2.75) is 19.3 Å². The standard InChI is InChI=1S/C55H41N/c1-55(2)53-22-11-10-21-51(53)52-34-33-48(37-54(52)55)56(47-31-27-41(28-32-47)50-20-9-8-19-49(50)40-14-4-3-5-15-40)46-29-25-39(26-30-46)43-17-12-18-44(35-43)45-24-23-38-13-6-7-16-42(38)36-45/h3-37H,1-2H3. The van der Waals surface area contributed by atoms with Gasteiger partial charge in [-0.25, -0.2) is 0 Å². The van der Waals surface area contributed by atoms with E-state index in [1.165, 1.54) is 77.5 Å². The van der Waals surface area contributed by atoms with E-state index in [-0.39, 0.29) is 5.41 Å². The number of hydrogen-bond acceptors (Lipinski definition) is 1. The lowest BCUT2D eigenvalue weighted by Crippen LogP contribution is -2.16. The first kappa shape index (κ1) is 33.6. The average Bonchev–Trinajstić information content (AvgIpc) is 3.49. The topological polar surface area (TPSA) is 3.24 Å². The molecule has 56 heavy (non-hydrogen) atoms. The molecule has 0 unspecified atom stereocenters. The molecule has 10 rings (SSSR count). The smallest absolute Gasteiger partial charge is 0.0465 e. The Morgan fingerprint density at radius 3 is 1.48 bits per heavy atom. The number of nitrogens with zero attached hydrogens (tertiary/aromatic N) is 1. The van der Waals surface area contributed by atoms with Crippen molar-refractivity contribution in [2.24, 2.45) is 0 Å². The summed E-state index contributed by atoms with van der Waals surface area (Å²) < 4.78 is 0. The minimum absolute atomic E-state index is 0.0987. The van der Waals surface area contributed by atoms with Gasteiger partial charge in [0.05, 0.1) is 0 Å². The van der Waals surface area contributed by atoms with Crippen LogP contribution < -0.4 is 4.90 Å². The van der Waals surface area contributed by atoms with Gasteiger partial charge >= 0.3 is 0 Å². The maximum Gasteiger partial charge on any atom is 0.0465 e. The van der Waals surface area contributed by atoms with Gasteiger partial charge in [-0.1, -0.05) is 178 Å². The van der Waals surface area contributed by atoms with Gasteiger partial charge < -0.3 is 4.90 Å². The summed E-state index contributed by atoms with van der Waals surface area (Å²) in [5, 5.41) is 2.52. The maximum atomic E-state index is 2.41. The first-order valence-corrected chi connectivity index (χ1v) is 19.5. The summed E-state index contributed by atoms with van der Waals surface area (Å²) in [7, 11) is 0. The largest absolute Gasteiger partial charge is 0.310 e. The van der Waals surface area contributed by atoms with Gasteiger partial charge in [0.25, 0.3) is 0 Å². The van der Waals surface area contributed by atoms with Gasteiger partial charge in [-0.3, -0.25) is 0 Å². The average molecular weight is 716 g/mol. The Morgan fingerprint density at radius 2 is 0.768 bits per heavy atom. The Hall–Kier alpha value is -6.96.